The SMILES string of the molecule is COc1cc(Br)cc2cc(C(=O)Nc3ccc(C)c(C)c3)c(=O)oc12. The molecule has 0 radical (unpaired) electrons. The first-order chi connectivity index (χ1) is 11.9. The highest BCUT2D eigenvalue weighted by Crippen LogP contribution is 2.29. The molecule has 0 spiro atoms. The van der Waals surface area contributed by atoms with Crippen LogP contribution in [0.15, 0.2) is 50.1 Å². The quantitative estimate of drug-likeness (QED) is 0.658. The average molecular weight is 402 g/mol. The van der Waals surface area contributed by atoms with E-state index in [1.807, 2.05) is 26.0 Å². The van der Waals surface area contributed by atoms with Gasteiger partial charge in [0.1, 0.15) is 5.56 Å². The topological polar surface area (TPSA) is 68.5 Å². The average Bonchev–Trinajstić information content (AvgIpc) is 2.57. The van der Waals surface area contributed by atoms with Crippen LogP contribution >= 0.6 is 15.9 Å². The van der Waals surface area contributed by atoms with E-state index in [4.69, 9.17) is 9.15 Å². The summed E-state index contributed by atoms with van der Waals surface area (Å²) in [5, 5.41) is 3.33. The number of amides is 1. The van der Waals surface area contributed by atoms with Crippen LogP contribution in [0.1, 0.15) is 21.5 Å². The van der Waals surface area contributed by atoms with Gasteiger partial charge in [0.05, 0.1) is 7.11 Å². The molecule has 1 N–H and O–H groups in total. The molecular weight excluding hydrogens is 386 g/mol. The molecule has 25 heavy (non-hydrogen) atoms. The Morgan fingerprint density at radius 1 is 1.12 bits per heavy atom. The lowest BCUT2D eigenvalue weighted by Crippen LogP contribution is -2.20. The van der Waals surface area contributed by atoms with Crippen LogP contribution in [0.3, 0.4) is 0 Å². The summed E-state index contributed by atoms with van der Waals surface area (Å²) in [6.07, 6.45) is 0. The summed E-state index contributed by atoms with van der Waals surface area (Å²) in [7, 11) is 1.49. The predicted molar refractivity (Wildman–Crippen MR) is 101 cm³/mol. The van der Waals surface area contributed by atoms with Gasteiger partial charge in [0.15, 0.2) is 11.3 Å². The second-order valence-electron chi connectivity index (χ2n) is 5.73. The summed E-state index contributed by atoms with van der Waals surface area (Å²) >= 11 is 3.37. The van der Waals surface area contributed by atoms with Crippen LogP contribution in [0.2, 0.25) is 0 Å². The van der Waals surface area contributed by atoms with E-state index < -0.39 is 11.5 Å². The first-order valence-corrected chi connectivity index (χ1v) is 8.38. The fourth-order valence-corrected chi connectivity index (χ4v) is 2.95. The van der Waals surface area contributed by atoms with Crippen molar-refractivity contribution in [1.82, 2.24) is 0 Å². The Bertz CT molecular complexity index is 1040. The molecule has 1 heterocycles. The number of rotatable bonds is 3. The summed E-state index contributed by atoms with van der Waals surface area (Å²) in [6.45, 7) is 3.95. The molecule has 0 bridgehead atoms. The number of benzene rings is 2. The van der Waals surface area contributed by atoms with Crippen LogP contribution in [0.4, 0.5) is 5.69 Å². The molecule has 1 amide bonds. The van der Waals surface area contributed by atoms with Crippen LogP contribution in [-0.4, -0.2) is 13.0 Å². The van der Waals surface area contributed by atoms with Crippen LogP contribution in [-0.2, 0) is 0 Å². The Labute approximate surface area is 152 Å². The van der Waals surface area contributed by atoms with Crippen LogP contribution in [0, 0.1) is 13.8 Å². The molecule has 2 aromatic carbocycles. The number of carbonyl (C=O) groups is 1. The smallest absolute Gasteiger partial charge is 0.349 e. The minimum Gasteiger partial charge on any atom is -0.493 e. The summed E-state index contributed by atoms with van der Waals surface area (Å²) in [5.74, 6) is -0.0968. The largest absolute Gasteiger partial charge is 0.493 e. The maximum atomic E-state index is 12.5. The van der Waals surface area contributed by atoms with Gasteiger partial charge in [0.25, 0.3) is 5.91 Å². The number of aryl methyl sites for hydroxylation is 2. The van der Waals surface area contributed by atoms with E-state index in [-0.39, 0.29) is 5.56 Å². The molecule has 0 aliphatic carbocycles. The lowest BCUT2D eigenvalue weighted by atomic mass is 10.1. The normalized spacial score (nSPS) is 10.7. The van der Waals surface area contributed by atoms with Gasteiger partial charge >= 0.3 is 5.63 Å². The first kappa shape index (κ1) is 17.2. The Balaban J connectivity index is 2.02. The maximum absolute atomic E-state index is 12.5. The fraction of sp³-hybridized carbons (Fsp3) is 0.158. The predicted octanol–water partition coefficient (Wildman–Crippen LogP) is 4.43. The minimum absolute atomic E-state index is 0.0640. The molecule has 0 atom stereocenters. The zero-order valence-electron chi connectivity index (χ0n) is 14.0. The number of hydrogen-bond donors (Lipinski definition) is 1. The van der Waals surface area contributed by atoms with Crippen molar-refractivity contribution in [2.45, 2.75) is 13.8 Å². The van der Waals surface area contributed by atoms with Crippen molar-refractivity contribution >= 4 is 38.5 Å². The minimum atomic E-state index is -0.713. The van der Waals surface area contributed by atoms with Crippen molar-refractivity contribution < 1.29 is 13.9 Å². The Kier molecular flexibility index (Phi) is 4.63. The van der Waals surface area contributed by atoms with Crippen molar-refractivity contribution in [3.63, 3.8) is 0 Å². The molecular formula is C19H16BrNO4. The second-order valence-corrected chi connectivity index (χ2v) is 6.64. The number of ether oxygens (including phenoxy) is 1. The van der Waals surface area contributed by atoms with Gasteiger partial charge in [-0.05, 0) is 55.3 Å². The molecule has 0 saturated carbocycles. The van der Waals surface area contributed by atoms with Crippen LogP contribution in [0.5, 0.6) is 5.75 Å². The first-order valence-electron chi connectivity index (χ1n) is 7.59. The fourth-order valence-electron chi connectivity index (χ4n) is 2.49. The van der Waals surface area contributed by atoms with Gasteiger partial charge in [0, 0.05) is 15.5 Å². The second kappa shape index (κ2) is 6.72. The standard InChI is InChI=1S/C19H16BrNO4/c1-10-4-5-14(6-11(10)2)21-18(22)15-8-12-7-13(20)9-16(24-3)17(12)25-19(15)23/h4-9H,1-3H3,(H,21,22). The lowest BCUT2D eigenvalue weighted by molar-refractivity contribution is 0.102. The van der Waals surface area contributed by atoms with Crippen molar-refractivity contribution in [3.8, 4) is 5.75 Å². The molecule has 3 rings (SSSR count). The summed E-state index contributed by atoms with van der Waals surface area (Å²) in [6, 6.07) is 10.5. The van der Waals surface area contributed by atoms with Gasteiger partial charge in [0.2, 0.25) is 0 Å². The zero-order valence-corrected chi connectivity index (χ0v) is 15.6. The summed E-state index contributed by atoms with van der Waals surface area (Å²) in [4.78, 5) is 24.7. The maximum Gasteiger partial charge on any atom is 0.349 e. The Morgan fingerprint density at radius 3 is 2.56 bits per heavy atom. The highest BCUT2D eigenvalue weighted by molar-refractivity contribution is 9.10. The number of methoxy groups -OCH3 is 1. The number of fused-ring (bicyclic) bond motifs is 1. The third-order valence-corrected chi connectivity index (χ3v) is 4.45. The molecule has 0 aliphatic heterocycles. The van der Waals surface area contributed by atoms with Gasteiger partial charge in [-0.25, -0.2) is 4.79 Å². The van der Waals surface area contributed by atoms with Gasteiger partial charge in [-0.2, -0.15) is 0 Å². The van der Waals surface area contributed by atoms with Crippen molar-refractivity contribution in [2.75, 3.05) is 12.4 Å². The molecule has 0 saturated heterocycles. The Morgan fingerprint density at radius 2 is 1.88 bits per heavy atom. The molecule has 1 aromatic heterocycles. The van der Waals surface area contributed by atoms with E-state index in [0.717, 1.165) is 15.6 Å². The molecule has 0 fully saturated rings. The molecule has 128 valence electrons. The van der Waals surface area contributed by atoms with Gasteiger partial charge in [-0.3, -0.25) is 4.79 Å². The van der Waals surface area contributed by atoms with E-state index in [9.17, 15) is 9.59 Å². The highest BCUT2D eigenvalue weighted by Gasteiger charge is 2.16. The molecule has 6 heteroatoms. The van der Waals surface area contributed by atoms with E-state index >= 15 is 0 Å². The van der Waals surface area contributed by atoms with Crippen molar-refractivity contribution in [2.24, 2.45) is 0 Å². The number of anilines is 1. The monoisotopic (exact) mass is 401 g/mol. The van der Waals surface area contributed by atoms with Gasteiger partial charge in [-0.15, -0.1) is 0 Å². The molecule has 5 nitrogen and oxygen atoms in total. The van der Waals surface area contributed by atoms with E-state index in [2.05, 4.69) is 21.2 Å². The van der Waals surface area contributed by atoms with Crippen LogP contribution in [0.25, 0.3) is 11.0 Å². The van der Waals surface area contributed by atoms with Crippen molar-refractivity contribution in [1.29, 1.82) is 0 Å². The van der Waals surface area contributed by atoms with Crippen molar-refractivity contribution in [3.05, 3.63) is 68.0 Å². The number of carbonyl (C=O) groups excluding carboxylic acids is 1. The lowest BCUT2D eigenvalue weighted by Gasteiger charge is -2.09. The molecule has 0 aliphatic rings. The summed E-state index contributed by atoms with van der Waals surface area (Å²) in [5.41, 5.74) is 2.33. The Hall–Kier alpha value is -2.60. The molecule has 0 unspecified atom stereocenters. The zero-order chi connectivity index (χ0) is 18.1. The van der Waals surface area contributed by atoms with E-state index in [1.165, 1.54) is 13.2 Å². The van der Waals surface area contributed by atoms with E-state index in [0.29, 0.717) is 22.4 Å². The van der Waals surface area contributed by atoms with Gasteiger partial charge in [-0.1, -0.05) is 22.0 Å². The number of halogens is 1. The molecule has 3 aromatic rings. The number of nitrogens with one attached hydrogen (secondary N) is 1. The summed E-state index contributed by atoms with van der Waals surface area (Å²) < 4.78 is 11.3. The number of hydrogen-bond acceptors (Lipinski definition) is 4. The third-order valence-electron chi connectivity index (χ3n) is 3.99. The van der Waals surface area contributed by atoms with Crippen LogP contribution < -0.4 is 15.7 Å². The highest BCUT2D eigenvalue weighted by atomic mass is 79.9. The van der Waals surface area contributed by atoms with Gasteiger partial charge < -0.3 is 14.5 Å². The third kappa shape index (κ3) is 3.44. The van der Waals surface area contributed by atoms with E-state index in [1.54, 1.807) is 18.2 Å².